The van der Waals surface area contributed by atoms with Gasteiger partial charge in [0.1, 0.15) is 0 Å². The van der Waals surface area contributed by atoms with Gasteiger partial charge < -0.3 is 15.2 Å². The van der Waals surface area contributed by atoms with Crippen LogP contribution in [0.25, 0.3) is 0 Å². The van der Waals surface area contributed by atoms with Gasteiger partial charge in [-0.15, -0.1) is 0 Å². The van der Waals surface area contributed by atoms with E-state index in [0.29, 0.717) is 31.2 Å². The van der Waals surface area contributed by atoms with Crippen LogP contribution in [0.3, 0.4) is 0 Å². The van der Waals surface area contributed by atoms with E-state index in [0.717, 1.165) is 6.42 Å². The van der Waals surface area contributed by atoms with Crippen LogP contribution in [-0.2, 0) is 9.47 Å². The van der Waals surface area contributed by atoms with Gasteiger partial charge in [0, 0.05) is 24.0 Å². The average Bonchev–Trinajstić information content (AvgIpc) is 2.56. The van der Waals surface area contributed by atoms with Crippen LogP contribution in [0.4, 0.5) is 0 Å². The normalized spacial score (nSPS) is 41.7. The molecule has 0 bridgehead atoms. The molecule has 2 aliphatic heterocycles. The molecule has 2 saturated heterocycles. The van der Waals surface area contributed by atoms with Gasteiger partial charge in [0.15, 0.2) is 6.29 Å². The fourth-order valence-corrected chi connectivity index (χ4v) is 3.88. The molecule has 112 valence electrons. The van der Waals surface area contributed by atoms with Crippen molar-refractivity contribution in [2.75, 3.05) is 13.2 Å². The summed E-state index contributed by atoms with van der Waals surface area (Å²) in [6, 6.07) is 1.26. The molecule has 0 aromatic rings. The van der Waals surface area contributed by atoms with Crippen LogP contribution >= 0.6 is 0 Å². The predicted molar refractivity (Wildman–Crippen MR) is 76.9 cm³/mol. The lowest BCUT2D eigenvalue weighted by Crippen LogP contribution is -2.48. The molecule has 2 rings (SSSR count). The molecule has 2 N–H and O–H groups in total. The van der Waals surface area contributed by atoms with Crippen molar-refractivity contribution >= 4 is 0 Å². The fourth-order valence-electron chi connectivity index (χ4n) is 3.88. The summed E-state index contributed by atoms with van der Waals surface area (Å²) in [6.45, 7) is 12.8. The van der Waals surface area contributed by atoms with Gasteiger partial charge >= 0.3 is 0 Å². The minimum Gasteiger partial charge on any atom is -0.351 e. The highest BCUT2D eigenvalue weighted by Gasteiger charge is 2.42. The highest BCUT2D eigenvalue weighted by atomic mass is 16.7. The van der Waals surface area contributed by atoms with Crippen LogP contribution in [-0.4, -0.2) is 48.1 Å². The standard InChI is InChI=1S/C15H30N2O2/c1-10-6-12(11(2)17(10)15(3,4)5)7-14-18-8-13(16)9-19-14/h10-14H,6-9,16H2,1-5H3/t10-,11-,12-,13?,14?/m1/s1. The van der Waals surface area contributed by atoms with Crippen molar-refractivity contribution in [2.45, 2.75) is 77.4 Å². The number of ether oxygens (including phenoxy) is 2. The molecule has 4 heteroatoms. The second-order valence-corrected chi connectivity index (χ2v) is 7.26. The first-order chi connectivity index (χ1) is 8.79. The maximum Gasteiger partial charge on any atom is 0.158 e. The second-order valence-electron chi connectivity index (χ2n) is 7.26. The Morgan fingerprint density at radius 3 is 2.21 bits per heavy atom. The van der Waals surface area contributed by atoms with Gasteiger partial charge in [0.05, 0.1) is 19.3 Å². The first-order valence-corrected chi connectivity index (χ1v) is 7.56. The number of likely N-dealkylation sites (tertiary alicyclic amines) is 1. The molecule has 2 aliphatic rings. The molecule has 0 aliphatic carbocycles. The molecular formula is C15H30N2O2. The Morgan fingerprint density at radius 2 is 1.74 bits per heavy atom. The van der Waals surface area contributed by atoms with Gasteiger partial charge in [-0.05, 0) is 47.0 Å². The fraction of sp³-hybridized carbons (Fsp3) is 1.00. The van der Waals surface area contributed by atoms with Gasteiger partial charge in [0.25, 0.3) is 0 Å². The molecule has 0 unspecified atom stereocenters. The van der Waals surface area contributed by atoms with Gasteiger partial charge in [-0.2, -0.15) is 0 Å². The monoisotopic (exact) mass is 270 g/mol. The van der Waals surface area contributed by atoms with Crippen LogP contribution in [0.2, 0.25) is 0 Å². The smallest absolute Gasteiger partial charge is 0.158 e. The van der Waals surface area contributed by atoms with Crippen molar-refractivity contribution in [1.29, 1.82) is 0 Å². The summed E-state index contributed by atoms with van der Waals surface area (Å²) in [5, 5.41) is 0. The minimum atomic E-state index is -0.0561. The molecule has 2 fully saturated rings. The average molecular weight is 270 g/mol. The molecule has 4 nitrogen and oxygen atoms in total. The zero-order chi connectivity index (χ0) is 14.2. The Hall–Kier alpha value is -0.160. The van der Waals surface area contributed by atoms with E-state index in [1.807, 2.05) is 0 Å². The molecule has 0 spiro atoms. The number of nitrogens with zero attached hydrogens (tertiary/aromatic N) is 1. The van der Waals surface area contributed by atoms with E-state index in [9.17, 15) is 0 Å². The second kappa shape index (κ2) is 5.68. The Balaban J connectivity index is 1.92. The van der Waals surface area contributed by atoms with Crippen molar-refractivity contribution in [3.8, 4) is 0 Å². The van der Waals surface area contributed by atoms with Gasteiger partial charge in [-0.3, -0.25) is 4.90 Å². The number of rotatable bonds is 2. The predicted octanol–water partition coefficient (Wildman–Crippen LogP) is 1.97. The van der Waals surface area contributed by atoms with E-state index in [1.165, 1.54) is 6.42 Å². The highest BCUT2D eigenvalue weighted by molar-refractivity contribution is 4.96. The summed E-state index contributed by atoms with van der Waals surface area (Å²) in [5.74, 6) is 0.647. The lowest BCUT2D eigenvalue weighted by Gasteiger charge is -2.40. The maximum atomic E-state index is 5.78. The first-order valence-electron chi connectivity index (χ1n) is 7.56. The molecule has 2 heterocycles. The number of hydrogen-bond acceptors (Lipinski definition) is 4. The summed E-state index contributed by atoms with van der Waals surface area (Å²) < 4.78 is 11.4. The molecule has 0 radical (unpaired) electrons. The largest absolute Gasteiger partial charge is 0.351 e. The zero-order valence-electron chi connectivity index (χ0n) is 13.1. The van der Waals surface area contributed by atoms with Crippen LogP contribution in [0, 0.1) is 5.92 Å². The van der Waals surface area contributed by atoms with Crippen molar-refractivity contribution in [2.24, 2.45) is 11.7 Å². The van der Waals surface area contributed by atoms with E-state index < -0.39 is 0 Å². The quantitative estimate of drug-likeness (QED) is 0.833. The van der Waals surface area contributed by atoms with E-state index in [1.54, 1.807) is 0 Å². The Bertz CT molecular complexity index is 295. The summed E-state index contributed by atoms with van der Waals surface area (Å²) >= 11 is 0. The molecule has 0 saturated carbocycles. The topological polar surface area (TPSA) is 47.7 Å². The van der Waals surface area contributed by atoms with Crippen LogP contribution in [0.15, 0.2) is 0 Å². The van der Waals surface area contributed by atoms with Crippen molar-refractivity contribution in [3.05, 3.63) is 0 Å². The Morgan fingerprint density at radius 1 is 1.16 bits per heavy atom. The van der Waals surface area contributed by atoms with Gasteiger partial charge in [0.2, 0.25) is 0 Å². The molecular weight excluding hydrogens is 240 g/mol. The summed E-state index contributed by atoms with van der Waals surface area (Å²) in [6.07, 6.45) is 2.16. The third-order valence-corrected chi connectivity index (χ3v) is 4.50. The molecule has 0 aromatic carbocycles. The molecule has 3 atom stereocenters. The van der Waals surface area contributed by atoms with Gasteiger partial charge in [-0.25, -0.2) is 0 Å². The van der Waals surface area contributed by atoms with E-state index in [2.05, 4.69) is 39.5 Å². The van der Waals surface area contributed by atoms with Gasteiger partial charge in [-0.1, -0.05) is 0 Å². The summed E-state index contributed by atoms with van der Waals surface area (Å²) in [4.78, 5) is 2.63. The SMILES string of the molecule is C[C@@H]1C[C@H](CC2OCC(N)CO2)[C@@H](C)N1C(C)(C)C. The number of nitrogens with two attached hydrogens (primary N) is 1. The summed E-state index contributed by atoms with van der Waals surface area (Å²) in [5.41, 5.74) is 6.00. The van der Waals surface area contributed by atoms with Crippen LogP contribution in [0.5, 0.6) is 0 Å². The Labute approximate surface area is 117 Å². The maximum absolute atomic E-state index is 5.78. The van der Waals surface area contributed by atoms with E-state index in [-0.39, 0.29) is 17.9 Å². The first kappa shape index (κ1) is 15.2. The zero-order valence-corrected chi connectivity index (χ0v) is 13.1. The summed E-state index contributed by atoms with van der Waals surface area (Å²) in [7, 11) is 0. The lowest BCUT2D eigenvalue weighted by molar-refractivity contribution is -0.193. The lowest BCUT2D eigenvalue weighted by atomic mass is 9.95. The molecule has 19 heavy (non-hydrogen) atoms. The van der Waals surface area contributed by atoms with Crippen LogP contribution in [0.1, 0.15) is 47.5 Å². The highest BCUT2D eigenvalue weighted by Crippen LogP contribution is 2.38. The molecule has 0 amide bonds. The van der Waals surface area contributed by atoms with Crippen LogP contribution < -0.4 is 5.73 Å². The van der Waals surface area contributed by atoms with Crippen molar-refractivity contribution in [1.82, 2.24) is 4.90 Å². The minimum absolute atomic E-state index is 0.0437. The third kappa shape index (κ3) is 3.48. The Kier molecular flexibility index (Phi) is 4.56. The van der Waals surface area contributed by atoms with Crippen molar-refractivity contribution < 1.29 is 9.47 Å². The molecule has 0 aromatic heterocycles. The van der Waals surface area contributed by atoms with E-state index in [4.69, 9.17) is 15.2 Å². The third-order valence-electron chi connectivity index (χ3n) is 4.50. The number of hydrogen-bond donors (Lipinski definition) is 1. The van der Waals surface area contributed by atoms with Crippen molar-refractivity contribution in [3.63, 3.8) is 0 Å². The van der Waals surface area contributed by atoms with E-state index >= 15 is 0 Å².